The summed E-state index contributed by atoms with van der Waals surface area (Å²) in [6.07, 6.45) is -1.18. The standard InChI is InChI=1S/C25H23ClN2O4/c1-16-12-13-17(2)21(14-16)28-25(31)23(18-8-4-3-5-9-18)32-22(29)15-27-24(30)19-10-6-7-11-20(19)26/h3-14,23H,15H2,1-2H3,(H,27,30)(H,28,31)/t23-/m1/s1. The Hall–Kier alpha value is -3.64. The van der Waals surface area contributed by atoms with E-state index in [0.717, 1.165) is 11.1 Å². The number of benzene rings is 3. The van der Waals surface area contributed by atoms with E-state index in [9.17, 15) is 14.4 Å². The summed E-state index contributed by atoms with van der Waals surface area (Å²) in [5.74, 6) is -1.75. The third kappa shape index (κ3) is 5.95. The molecule has 1 atom stereocenters. The van der Waals surface area contributed by atoms with Crippen LogP contribution in [0.2, 0.25) is 5.02 Å². The van der Waals surface area contributed by atoms with E-state index in [0.29, 0.717) is 11.3 Å². The van der Waals surface area contributed by atoms with E-state index in [1.807, 2.05) is 32.0 Å². The minimum atomic E-state index is -1.18. The van der Waals surface area contributed by atoms with Gasteiger partial charge >= 0.3 is 5.97 Å². The monoisotopic (exact) mass is 450 g/mol. The van der Waals surface area contributed by atoms with E-state index in [-0.39, 0.29) is 10.6 Å². The molecule has 7 heteroatoms. The zero-order chi connectivity index (χ0) is 23.1. The van der Waals surface area contributed by atoms with Crippen LogP contribution in [0.1, 0.15) is 33.2 Å². The second kappa shape index (κ2) is 10.6. The lowest BCUT2D eigenvalue weighted by molar-refractivity contribution is -0.153. The quantitative estimate of drug-likeness (QED) is 0.515. The van der Waals surface area contributed by atoms with Gasteiger partial charge in [0.1, 0.15) is 6.54 Å². The third-order valence-corrected chi connectivity index (χ3v) is 5.08. The van der Waals surface area contributed by atoms with E-state index in [4.69, 9.17) is 16.3 Å². The van der Waals surface area contributed by atoms with Crippen molar-refractivity contribution in [2.45, 2.75) is 20.0 Å². The first kappa shape index (κ1) is 23.0. The van der Waals surface area contributed by atoms with E-state index >= 15 is 0 Å². The number of carbonyl (C=O) groups excluding carboxylic acids is 3. The third-order valence-electron chi connectivity index (χ3n) is 4.75. The fourth-order valence-corrected chi connectivity index (χ4v) is 3.26. The van der Waals surface area contributed by atoms with Crippen molar-refractivity contribution >= 4 is 35.1 Å². The lowest BCUT2D eigenvalue weighted by Gasteiger charge is -2.19. The molecule has 0 aliphatic rings. The molecule has 0 aromatic heterocycles. The molecule has 0 radical (unpaired) electrons. The van der Waals surface area contributed by atoms with Gasteiger partial charge in [-0.2, -0.15) is 0 Å². The smallest absolute Gasteiger partial charge is 0.326 e. The number of carbonyl (C=O) groups is 3. The molecule has 2 amide bonds. The lowest BCUT2D eigenvalue weighted by Crippen LogP contribution is -2.33. The van der Waals surface area contributed by atoms with Crippen molar-refractivity contribution in [2.24, 2.45) is 0 Å². The second-order valence-electron chi connectivity index (χ2n) is 7.25. The van der Waals surface area contributed by atoms with Crippen LogP contribution in [0.15, 0.2) is 72.8 Å². The average Bonchev–Trinajstić information content (AvgIpc) is 2.79. The molecular formula is C25H23ClN2O4. The van der Waals surface area contributed by atoms with Crippen LogP contribution in [0.4, 0.5) is 5.69 Å². The summed E-state index contributed by atoms with van der Waals surface area (Å²) in [6.45, 7) is 3.39. The zero-order valence-electron chi connectivity index (χ0n) is 17.7. The van der Waals surface area contributed by atoms with E-state index in [1.54, 1.807) is 54.6 Å². The number of nitrogens with one attached hydrogen (secondary N) is 2. The van der Waals surface area contributed by atoms with Crippen LogP contribution in [0.5, 0.6) is 0 Å². The van der Waals surface area contributed by atoms with Crippen LogP contribution >= 0.6 is 11.6 Å². The maximum Gasteiger partial charge on any atom is 0.326 e. The number of anilines is 1. The number of hydrogen-bond acceptors (Lipinski definition) is 4. The average molecular weight is 451 g/mol. The van der Waals surface area contributed by atoms with Gasteiger partial charge in [-0.25, -0.2) is 0 Å². The van der Waals surface area contributed by atoms with Gasteiger partial charge in [-0.05, 0) is 43.2 Å². The molecule has 0 spiro atoms. The van der Waals surface area contributed by atoms with E-state index < -0.39 is 30.4 Å². The molecule has 0 bridgehead atoms. The Morgan fingerprint density at radius 2 is 1.62 bits per heavy atom. The molecule has 6 nitrogen and oxygen atoms in total. The highest BCUT2D eigenvalue weighted by atomic mass is 35.5. The molecule has 32 heavy (non-hydrogen) atoms. The molecule has 0 saturated carbocycles. The SMILES string of the molecule is Cc1ccc(C)c(NC(=O)[C@H](OC(=O)CNC(=O)c2ccccc2Cl)c2ccccc2)c1. The Labute approximate surface area is 191 Å². The molecule has 164 valence electrons. The Morgan fingerprint density at radius 3 is 2.34 bits per heavy atom. The minimum Gasteiger partial charge on any atom is -0.446 e. The van der Waals surface area contributed by atoms with E-state index in [2.05, 4.69) is 10.6 Å². The molecule has 3 aromatic carbocycles. The maximum atomic E-state index is 13.0. The van der Waals surface area contributed by atoms with Crippen LogP contribution in [0.25, 0.3) is 0 Å². The lowest BCUT2D eigenvalue weighted by atomic mass is 10.1. The van der Waals surface area contributed by atoms with Crippen LogP contribution < -0.4 is 10.6 Å². The van der Waals surface area contributed by atoms with Crippen molar-refractivity contribution in [3.8, 4) is 0 Å². The molecule has 0 heterocycles. The van der Waals surface area contributed by atoms with Gasteiger partial charge < -0.3 is 15.4 Å². The van der Waals surface area contributed by atoms with Crippen molar-refractivity contribution in [1.82, 2.24) is 5.32 Å². The van der Waals surface area contributed by atoms with Crippen molar-refractivity contribution in [1.29, 1.82) is 0 Å². The van der Waals surface area contributed by atoms with Gasteiger partial charge in [-0.3, -0.25) is 14.4 Å². The first-order valence-electron chi connectivity index (χ1n) is 10.0. The zero-order valence-corrected chi connectivity index (χ0v) is 18.5. The van der Waals surface area contributed by atoms with Crippen LogP contribution in [-0.4, -0.2) is 24.3 Å². The fraction of sp³-hybridized carbons (Fsp3) is 0.160. The van der Waals surface area contributed by atoms with Gasteiger partial charge in [0.25, 0.3) is 11.8 Å². The van der Waals surface area contributed by atoms with Crippen molar-refractivity contribution in [3.05, 3.63) is 100 Å². The Balaban J connectivity index is 1.71. The summed E-state index contributed by atoms with van der Waals surface area (Å²) in [7, 11) is 0. The van der Waals surface area contributed by atoms with Crippen molar-refractivity contribution in [2.75, 3.05) is 11.9 Å². The summed E-state index contributed by atoms with van der Waals surface area (Å²) in [5, 5.41) is 5.58. The number of rotatable bonds is 7. The van der Waals surface area contributed by atoms with Gasteiger partial charge in [0.05, 0.1) is 10.6 Å². The highest BCUT2D eigenvalue weighted by Gasteiger charge is 2.26. The van der Waals surface area contributed by atoms with Crippen molar-refractivity contribution < 1.29 is 19.1 Å². The molecule has 0 unspecified atom stereocenters. The molecule has 3 aromatic rings. The van der Waals surface area contributed by atoms with Gasteiger partial charge in [-0.1, -0.05) is 66.2 Å². The minimum absolute atomic E-state index is 0.245. The summed E-state index contributed by atoms with van der Waals surface area (Å²) in [5.41, 5.74) is 3.27. The van der Waals surface area contributed by atoms with E-state index in [1.165, 1.54) is 0 Å². The molecule has 0 aliphatic heterocycles. The summed E-state index contributed by atoms with van der Waals surface area (Å²) >= 11 is 6.01. The number of halogens is 1. The number of amides is 2. The van der Waals surface area contributed by atoms with Gasteiger partial charge in [0.15, 0.2) is 0 Å². The van der Waals surface area contributed by atoms with Crippen LogP contribution in [-0.2, 0) is 14.3 Å². The highest BCUT2D eigenvalue weighted by Crippen LogP contribution is 2.23. The largest absolute Gasteiger partial charge is 0.446 e. The molecule has 0 fully saturated rings. The number of ether oxygens (including phenoxy) is 1. The predicted molar refractivity (Wildman–Crippen MR) is 124 cm³/mol. The summed E-state index contributed by atoms with van der Waals surface area (Å²) in [4.78, 5) is 37.8. The van der Waals surface area contributed by atoms with Gasteiger partial charge in [-0.15, -0.1) is 0 Å². The summed E-state index contributed by atoms with van der Waals surface area (Å²) < 4.78 is 5.46. The van der Waals surface area contributed by atoms with Gasteiger partial charge in [0, 0.05) is 11.3 Å². The normalized spacial score (nSPS) is 11.3. The van der Waals surface area contributed by atoms with Crippen LogP contribution in [0, 0.1) is 13.8 Å². The second-order valence-corrected chi connectivity index (χ2v) is 7.66. The molecule has 3 rings (SSSR count). The predicted octanol–water partition coefficient (Wildman–Crippen LogP) is 4.61. The molecular weight excluding hydrogens is 428 g/mol. The Kier molecular flexibility index (Phi) is 7.63. The van der Waals surface area contributed by atoms with Gasteiger partial charge in [0.2, 0.25) is 6.10 Å². The molecule has 0 saturated heterocycles. The number of hydrogen-bond donors (Lipinski definition) is 2. The highest BCUT2D eigenvalue weighted by molar-refractivity contribution is 6.33. The number of aryl methyl sites for hydroxylation is 2. The topological polar surface area (TPSA) is 84.5 Å². The van der Waals surface area contributed by atoms with Crippen LogP contribution in [0.3, 0.4) is 0 Å². The molecule has 2 N–H and O–H groups in total. The summed E-state index contributed by atoms with van der Waals surface area (Å²) in [6, 6.07) is 20.9. The number of esters is 1. The fourth-order valence-electron chi connectivity index (χ4n) is 3.04. The first-order chi connectivity index (χ1) is 15.3. The maximum absolute atomic E-state index is 13.0. The first-order valence-corrected chi connectivity index (χ1v) is 10.4. The Bertz CT molecular complexity index is 1130. The molecule has 0 aliphatic carbocycles. The Morgan fingerprint density at radius 1 is 0.938 bits per heavy atom. The van der Waals surface area contributed by atoms with Crippen molar-refractivity contribution in [3.63, 3.8) is 0 Å².